The van der Waals surface area contributed by atoms with Crippen molar-refractivity contribution in [2.75, 3.05) is 47.4 Å². The molecular formula is C35H66N2O7P+. The number of phosphoric ester groups is 1. The van der Waals surface area contributed by atoms with Gasteiger partial charge in [0, 0.05) is 19.5 Å². The predicted octanol–water partition coefficient (Wildman–Crippen LogP) is 8.83. The van der Waals surface area contributed by atoms with Crippen LogP contribution in [0.25, 0.3) is 0 Å². The van der Waals surface area contributed by atoms with E-state index < -0.39 is 20.2 Å². The number of likely N-dealkylation sites (N-methyl/N-ethyl adjacent to an activating group) is 1. The van der Waals surface area contributed by atoms with E-state index in [-0.39, 0.29) is 19.6 Å². The number of aliphatic hydroxyl groups is 1. The summed E-state index contributed by atoms with van der Waals surface area (Å²) in [6.45, 7) is 3.93. The maximum atomic E-state index is 12.9. The Hall–Kier alpha value is -1.48. The van der Waals surface area contributed by atoms with Gasteiger partial charge in [0.15, 0.2) is 6.29 Å². The maximum absolute atomic E-state index is 12.9. The number of ether oxygens (including phenoxy) is 1. The molecule has 0 radical (unpaired) electrons. The predicted molar refractivity (Wildman–Crippen MR) is 183 cm³/mol. The molecule has 0 saturated heterocycles. The highest BCUT2D eigenvalue weighted by Crippen LogP contribution is 2.44. The summed E-state index contributed by atoms with van der Waals surface area (Å²) in [6, 6.07) is 9.56. The Morgan fingerprint density at radius 2 is 1.29 bits per heavy atom. The normalized spacial score (nSPS) is 13.8. The van der Waals surface area contributed by atoms with Crippen molar-refractivity contribution in [1.82, 2.24) is 4.90 Å². The summed E-state index contributed by atoms with van der Waals surface area (Å²) in [5.41, 5.74) is 0.918. The molecule has 0 bridgehead atoms. The van der Waals surface area contributed by atoms with Crippen LogP contribution in [0, 0.1) is 0 Å². The van der Waals surface area contributed by atoms with Crippen LogP contribution in [0.15, 0.2) is 30.3 Å². The Bertz CT molecular complexity index is 898. The number of hydrogen-bond donors (Lipinski definition) is 2. The Balaban J connectivity index is 2.31. The monoisotopic (exact) mass is 657 g/mol. The minimum Gasteiger partial charge on any atom is -0.445 e. The zero-order valence-electron chi connectivity index (χ0n) is 29.0. The van der Waals surface area contributed by atoms with Gasteiger partial charge in [0.05, 0.1) is 21.1 Å². The summed E-state index contributed by atoms with van der Waals surface area (Å²) in [5, 5.41) is 10.2. The highest BCUT2D eigenvalue weighted by atomic mass is 31.2. The number of benzene rings is 1. The molecule has 0 aliphatic carbocycles. The van der Waals surface area contributed by atoms with E-state index in [0.717, 1.165) is 24.8 Å². The molecule has 0 fully saturated rings. The largest absolute Gasteiger partial charge is 0.474 e. The first kappa shape index (κ1) is 41.5. The minimum atomic E-state index is -4.38. The molecule has 1 amide bonds. The number of nitrogens with zero attached hydrogens (tertiary/aromatic N) is 2. The molecule has 2 unspecified atom stereocenters. The molecule has 1 aromatic carbocycles. The summed E-state index contributed by atoms with van der Waals surface area (Å²) in [7, 11) is 1.45. The number of quaternary nitrogens is 1. The maximum Gasteiger partial charge on any atom is 0.474 e. The molecule has 0 heterocycles. The third-order valence-corrected chi connectivity index (χ3v) is 8.91. The fourth-order valence-electron chi connectivity index (χ4n) is 5.08. The molecule has 2 N–H and O–H groups in total. The molecule has 45 heavy (non-hydrogen) atoms. The molecule has 262 valence electrons. The van der Waals surface area contributed by atoms with E-state index >= 15 is 0 Å². The second kappa shape index (κ2) is 25.6. The summed E-state index contributed by atoms with van der Waals surface area (Å²) in [5.74, 6) is 0. The molecule has 2 atom stereocenters. The number of carbonyl (C=O) groups excluding carboxylic acids is 1. The highest BCUT2D eigenvalue weighted by Gasteiger charge is 2.26. The molecule has 0 aliphatic heterocycles. The molecular weight excluding hydrogens is 591 g/mol. The number of amides is 1. The van der Waals surface area contributed by atoms with Crippen molar-refractivity contribution in [3.63, 3.8) is 0 Å². The number of hydrogen-bond acceptors (Lipinski definition) is 6. The van der Waals surface area contributed by atoms with Crippen molar-refractivity contribution in [2.45, 2.75) is 135 Å². The highest BCUT2D eigenvalue weighted by molar-refractivity contribution is 7.47. The topological polar surface area (TPSA) is 106 Å². The first-order chi connectivity index (χ1) is 21.5. The molecule has 1 rings (SSSR count). The van der Waals surface area contributed by atoms with Crippen molar-refractivity contribution >= 4 is 13.9 Å². The average molecular weight is 658 g/mol. The molecule has 0 aliphatic rings. The van der Waals surface area contributed by atoms with Crippen molar-refractivity contribution in [2.24, 2.45) is 0 Å². The Morgan fingerprint density at radius 1 is 0.800 bits per heavy atom. The zero-order valence-corrected chi connectivity index (χ0v) is 29.9. The number of phosphoric acid groups is 1. The lowest BCUT2D eigenvalue weighted by Crippen LogP contribution is -2.37. The zero-order chi connectivity index (χ0) is 33.2. The minimum absolute atomic E-state index is 0.0321. The summed E-state index contributed by atoms with van der Waals surface area (Å²) >= 11 is 0. The second-order valence-electron chi connectivity index (χ2n) is 13.3. The van der Waals surface area contributed by atoms with E-state index in [1.165, 1.54) is 83.5 Å². The standard InChI is InChI=1S/C35H65N2O7P/c1-5-6-7-8-9-10-11-12-13-14-15-16-17-18-19-23-28-36(35(39)42-32-33-25-21-20-22-26-33)29-24-27-34(38)44-45(40,41)43-31-30-37(2,3)4/h20-22,25-26,34,38H,5-19,23-24,27-32H2,1-4H3/p+1. The van der Waals surface area contributed by atoms with E-state index in [0.29, 0.717) is 30.5 Å². The second-order valence-corrected chi connectivity index (χ2v) is 14.8. The Morgan fingerprint density at radius 3 is 1.80 bits per heavy atom. The molecule has 0 spiro atoms. The van der Waals surface area contributed by atoms with Crippen molar-refractivity contribution in [3.05, 3.63) is 35.9 Å². The first-order valence-corrected chi connectivity index (χ1v) is 19.1. The third-order valence-electron chi connectivity index (χ3n) is 7.90. The summed E-state index contributed by atoms with van der Waals surface area (Å²) < 4.78 is 28.2. The number of aliphatic hydroxyl groups excluding tert-OH is 1. The summed E-state index contributed by atoms with van der Waals surface area (Å²) in [6.07, 6.45) is 19.2. The lowest BCUT2D eigenvalue weighted by atomic mass is 10.0. The van der Waals surface area contributed by atoms with Crippen molar-refractivity contribution < 1.29 is 37.6 Å². The van der Waals surface area contributed by atoms with E-state index in [2.05, 4.69) is 6.92 Å². The van der Waals surface area contributed by atoms with Gasteiger partial charge in [-0.25, -0.2) is 9.36 Å². The van der Waals surface area contributed by atoms with E-state index in [9.17, 15) is 19.4 Å². The average Bonchev–Trinajstić information content (AvgIpc) is 2.98. The van der Waals surface area contributed by atoms with Crippen LogP contribution >= 0.6 is 7.82 Å². The van der Waals surface area contributed by atoms with Gasteiger partial charge in [-0.05, 0) is 18.4 Å². The number of rotatable bonds is 29. The van der Waals surface area contributed by atoms with Crippen LogP contribution in [0.1, 0.15) is 128 Å². The third kappa shape index (κ3) is 25.3. The quantitative estimate of drug-likeness (QED) is 0.0384. The van der Waals surface area contributed by atoms with Gasteiger partial charge in [0.1, 0.15) is 19.8 Å². The Labute approximate surface area is 274 Å². The van der Waals surface area contributed by atoms with Crippen LogP contribution in [0.4, 0.5) is 4.79 Å². The molecule has 0 saturated carbocycles. The fraction of sp³-hybridized carbons (Fsp3) is 0.800. The van der Waals surface area contributed by atoms with Gasteiger partial charge in [-0.2, -0.15) is 0 Å². The Kier molecular flexibility index (Phi) is 23.6. The van der Waals surface area contributed by atoms with E-state index in [1.54, 1.807) is 4.90 Å². The van der Waals surface area contributed by atoms with Gasteiger partial charge in [0.25, 0.3) is 0 Å². The molecule has 10 heteroatoms. The van der Waals surface area contributed by atoms with Gasteiger partial charge >= 0.3 is 13.9 Å². The molecule has 9 nitrogen and oxygen atoms in total. The van der Waals surface area contributed by atoms with Crippen LogP contribution in [-0.2, 0) is 25.0 Å². The van der Waals surface area contributed by atoms with Crippen LogP contribution in [0.2, 0.25) is 0 Å². The van der Waals surface area contributed by atoms with Gasteiger partial charge in [-0.15, -0.1) is 0 Å². The SMILES string of the molecule is CCCCCCCCCCCCCCCCCCN(CCCC(O)OP(=O)(O)OCC[N+](C)(C)C)C(=O)OCc1ccccc1. The van der Waals surface area contributed by atoms with Crippen LogP contribution in [-0.4, -0.2) is 79.2 Å². The fourth-order valence-corrected chi connectivity index (χ4v) is 5.87. The van der Waals surface area contributed by atoms with Crippen molar-refractivity contribution in [3.8, 4) is 0 Å². The lowest BCUT2D eigenvalue weighted by Gasteiger charge is -2.25. The molecule has 0 aromatic heterocycles. The van der Waals surface area contributed by atoms with E-state index in [4.69, 9.17) is 13.8 Å². The van der Waals surface area contributed by atoms with Gasteiger partial charge in [0.2, 0.25) is 0 Å². The number of unbranched alkanes of at least 4 members (excludes halogenated alkanes) is 15. The van der Waals surface area contributed by atoms with Gasteiger partial charge in [-0.1, -0.05) is 134 Å². The van der Waals surface area contributed by atoms with Gasteiger partial charge in [-0.3, -0.25) is 9.05 Å². The lowest BCUT2D eigenvalue weighted by molar-refractivity contribution is -0.870. The van der Waals surface area contributed by atoms with Crippen LogP contribution < -0.4 is 0 Å². The van der Waals surface area contributed by atoms with Gasteiger partial charge < -0.3 is 24.1 Å². The van der Waals surface area contributed by atoms with Crippen LogP contribution in [0.3, 0.4) is 0 Å². The van der Waals surface area contributed by atoms with Crippen molar-refractivity contribution in [1.29, 1.82) is 0 Å². The number of carbonyl (C=O) groups is 1. The molecule has 1 aromatic rings. The first-order valence-electron chi connectivity index (χ1n) is 17.6. The van der Waals surface area contributed by atoms with E-state index in [1.807, 2.05) is 51.5 Å². The summed E-state index contributed by atoms with van der Waals surface area (Å²) in [4.78, 5) is 24.5. The smallest absolute Gasteiger partial charge is 0.445 e. The van der Waals surface area contributed by atoms with Crippen LogP contribution in [0.5, 0.6) is 0 Å².